The zero-order valence-electron chi connectivity index (χ0n) is 24.4. The lowest BCUT2D eigenvalue weighted by Gasteiger charge is -2.55. The molecule has 0 radical (unpaired) electrons. The molecule has 0 bridgehead atoms. The van der Waals surface area contributed by atoms with Crippen LogP contribution < -0.4 is 4.90 Å². The largest absolute Gasteiger partial charge is 0.457 e. The molecule has 6 rings (SSSR count). The lowest BCUT2D eigenvalue weighted by atomic mass is 9.47. The van der Waals surface area contributed by atoms with Crippen molar-refractivity contribution in [2.24, 2.45) is 28.6 Å². The molecule has 5 aliphatic rings. The number of ketones is 2. The van der Waals surface area contributed by atoms with Crippen molar-refractivity contribution in [2.45, 2.75) is 90.7 Å². The molecule has 1 aromatic carbocycles. The Balaban J connectivity index is 1.51. The molecule has 0 amide bonds. The number of carbonyl (C=O) groups is 2. The van der Waals surface area contributed by atoms with Crippen LogP contribution in [0.1, 0.15) is 90.0 Å². The maximum atomic E-state index is 13.7. The summed E-state index contributed by atoms with van der Waals surface area (Å²) in [7, 11) is 0. The predicted molar refractivity (Wildman–Crippen MR) is 154 cm³/mol. The van der Waals surface area contributed by atoms with Gasteiger partial charge in [0.25, 0.3) is 0 Å². The van der Waals surface area contributed by atoms with E-state index in [4.69, 9.17) is 0 Å². The van der Waals surface area contributed by atoms with Gasteiger partial charge >= 0.3 is 6.18 Å². The smallest absolute Gasteiger partial charge is 0.372 e. The van der Waals surface area contributed by atoms with E-state index >= 15 is 0 Å². The number of allylic oxidation sites excluding steroid dienone is 4. The van der Waals surface area contributed by atoms with Crippen molar-refractivity contribution < 1.29 is 22.8 Å². The van der Waals surface area contributed by atoms with Crippen molar-refractivity contribution >= 4 is 17.3 Å². The molecule has 0 spiro atoms. The van der Waals surface area contributed by atoms with Crippen LogP contribution in [0.3, 0.4) is 0 Å². The van der Waals surface area contributed by atoms with Crippen LogP contribution in [0.25, 0.3) is 0 Å². The Kier molecular flexibility index (Phi) is 7.03. The molecule has 1 heterocycles. The number of halogens is 3. The van der Waals surface area contributed by atoms with Gasteiger partial charge in [-0.1, -0.05) is 44.4 Å². The Morgan fingerprint density at radius 1 is 1.12 bits per heavy atom. The summed E-state index contributed by atoms with van der Waals surface area (Å²) in [6.45, 7) is 8.10. The van der Waals surface area contributed by atoms with Crippen LogP contribution in [0, 0.1) is 40.4 Å². The molecule has 3 fully saturated rings. The second-order valence-corrected chi connectivity index (χ2v) is 13.3. The summed E-state index contributed by atoms with van der Waals surface area (Å²) in [5.41, 5.74) is 4.19. The second kappa shape index (κ2) is 10.2. The van der Waals surface area contributed by atoms with E-state index < -0.39 is 17.0 Å². The first kappa shape index (κ1) is 28.3. The van der Waals surface area contributed by atoms with Crippen molar-refractivity contribution in [3.05, 3.63) is 52.6 Å². The van der Waals surface area contributed by atoms with Crippen LogP contribution in [0.4, 0.5) is 18.9 Å². The molecule has 218 valence electrons. The van der Waals surface area contributed by atoms with Gasteiger partial charge in [-0.2, -0.15) is 13.2 Å². The summed E-state index contributed by atoms with van der Waals surface area (Å²) in [4.78, 5) is 28.6. The number of nitrogens with zero attached hydrogens (tertiary/aromatic N) is 1. The number of carbonyl (C=O) groups excluding carboxylic acids is 2. The Morgan fingerprint density at radius 3 is 2.49 bits per heavy atom. The Bertz CT molecular complexity index is 1370. The highest BCUT2D eigenvalue weighted by Crippen LogP contribution is 2.70. The molecule has 2 unspecified atom stereocenters. The van der Waals surface area contributed by atoms with E-state index in [9.17, 15) is 22.8 Å². The van der Waals surface area contributed by atoms with Gasteiger partial charge in [-0.3, -0.25) is 9.59 Å². The van der Waals surface area contributed by atoms with Crippen LogP contribution in [0.5, 0.6) is 0 Å². The lowest BCUT2D eigenvalue weighted by molar-refractivity contribution is -0.132. The highest BCUT2D eigenvalue weighted by atomic mass is 19.4. The third kappa shape index (κ3) is 4.59. The normalized spacial score (nSPS) is 34.8. The molecule has 1 saturated heterocycles. The van der Waals surface area contributed by atoms with Crippen LogP contribution in [0.15, 0.2) is 47.1 Å². The lowest BCUT2D eigenvalue weighted by Crippen LogP contribution is -2.51. The van der Waals surface area contributed by atoms with Crippen LogP contribution in [-0.4, -0.2) is 30.8 Å². The number of alkyl halides is 3. The first-order chi connectivity index (χ1) is 19.5. The first-order valence-corrected chi connectivity index (χ1v) is 15.4. The van der Waals surface area contributed by atoms with E-state index in [0.717, 1.165) is 37.1 Å². The van der Waals surface area contributed by atoms with Crippen molar-refractivity contribution in [2.75, 3.05) is 18.0 Å². The predicted octanol–water partition coefficient (Wildman–Crippen LogP) is 7.96. The van der Waals surface area contributed by atoms with Gasteiger partial charge in [-0.25, -0.2) is 0 Å². The molecule has 6 heteroatoms. The molecule has 0 N–H and O–H groups in total. The van der Waals surface area contributed by atoms with Crippen molar-refractivity contribution in [3.63, 3.8) is 0 Å². The van der Waals surface area contributed by atoms with Gasteiger partial charge in [0.05, 0.1) is 5.41 Å². The number of anilines is 1. The molecular weight excluding hydrogens is 523 g/mol. The zero-order valence-corrected chi connectivity index (χ0v) is 24.4. The summed E-state index contributed by atoms with van der Waals surface area (Å²) in [5.74, 6) is 4.60. The maximum Gasteiger partial charge on any atom is 0.457 e. The van der Waals surface area contributed by atoms with Crippen LogP contribution in [0.2, 0.25) is 0 Å². The minimum absolute atomic E-state index is 0.0252. The fourth-order valence-corrected chi connectivity index (χ4v) is 9.38. The average molecular weight is 564 g/mol. The van der Waals surface area contributed by atoms with Gasteiger partial charge in [-0.15, -0.1) is 0 Å². The molecule has 2 saturated carbocycles. The second-order valence-electron chi connectivity index (χ2n) is 13.3. The highest BCUT2D eigenvalue weighted by molar-refractivity contribution is 5.93. The summed E-state index contributed by atoms with van der Waals surface area (Å²) < 4.78 is 40.5. The molecule has 3 nitrogen and oxygen atoms in total. The number of hydrogen-bond acceptors (Lipinski definition) is 3. The molecule has 41 heavy (non-hydrogen) atoms. The fourth-order valence-electron chi connectivity index (χ4n) is 9.38. The fraction of sp³-hybridized carbons (Fsp3) is 0.600. The molecule has 1 aliphatic heterocycles. The third-order valence-corrected chi connectivity index (χ3v) is 11.3. The monoisotopic (exact) mass is 563 g/mol. The van der Waals surface area contributed by atoms with Gasteiger partial charge in [0, 0.05) is 43.5 Å². The van der Waals surface area contributed by atoms with E-state index in [-0.39, 0.29) is 41.7 Å². The van der Waals surface area contributed by atoms with Crippen molar-refractivity contribution in [1.82, 2.24) is 0 Å². The van der Waals surface area contributed by atoms with E-state index in [2.05, 4.69) is 48.9 Å². The molecule has 0 aromatic heterocycles. The Labute approximate surface area is 241 Å². The molecule has 1 aromatic rings. The summed E-state index contributed by atoms with van der Waals surface area (Å²) in [5, 5.41) is 0. The van der Waals surface area contributed by atoms with Gasteiger partial charge in [0.1, 0.15) is 0 Å². The summed E-state index contributed by atoms with van der Waals surface area (Å²) in [6.07, 6.45) is 3.50. The van der Waals surface area contributed by atoms with Gasteiger partial charge in [0.15, 0.2) is 11.6 Å². The van der Waals surface area contributed by atoms with E-state index in [1.54, 1.807) is 12.8 Å². The van der Waals surface area contributed by atoms with Crippen LogP contribution >= 0.6 is 0 Å². The average Bonchev–Trinajstić information content (AvgIpc) is 3.58. The van der Waals surface area contributed by atoms with E-state index in [0.29, 0.717) is 25.7 Å². The molecular formula is C35H40F3NO2. The Morgan fingerprint density at radius 2 is 1.83 bits per heavy atom. The van der Waals surface area contributed by atoms with Crippen LogP contribution in [-0.2, 0) is 9.59 Å². The number of Topliss-reactive ketones (excluding diaryl/α,β-unsaturated/α-hetero) is 1. The first-order valence-electron chi connectivity index (χ1n) is 15.4. The topological polar surface area (TPSA) is 37.4 Å². The SMILES string of the molecule is CCC(=O)[C@@]1(C#CC(F)(F)F)CC[C@H]2[C@@H]3CC(C)C4=CC(=O)CCC4=C3C(c3ccc(N4CCCC4)cc3)C[C@@]21C. The number of hydrogen-bond donors (Lipinski definition) is 0. The van der Waals surface area contributed by atoms with Gasteiger partial charge in [0.2, 0.25) is 0 Å². The zero-order chi connectivity index (χ0) is 29.2. The summed E-state index contributed by atoms with van der Waals surface area (Å²) >= 11 is 0. The molecule has 6 atom stereocenters. The van der Waals surface area contributed by atoms with E-state index in [1.807, 2.05) is 6.08 Å². The minimum Gasteiger partial charge on any atom is -0.372 e. The van der Waals surface area contributed by atoms with Gasteiger partial charge in [-0.05, 0) is 103 Å². The number of benzene rings is 1. The molecule has 4 aliphatic carbocycles. The Hall–Kier alpha value is -2.81. The highest BCUT2D eigenvalue weighted by Gasteiger charge is 2.65. The maximum absolute atomic E-state index is 13.7. The van der Waals surface area contributed by atoms with E-state index in [1.165, 1.54) is 29.7 Å². The van der Waals surface area contributed by atoms with Crippen molar-refractivity contribution in [1.29, 1.82) is 0 Å². The quantitative estimate of drug-likeness (QED) is 0.349. The number of fused-ring (bicyclic) bond motifs is 4. The standard InChI is InChI=1S/C35H40F3NO2/c1-4-31(41)34(15-16-35(36,37)38)14-13-30-28-19-22(2)27-20-25(40)11-12-26(27)32(28)29(21-33(30,34)3)23-7-9-24(10-8-23)39-17-5-6-18-39/h7-10,20,22,28-30H,4-6,11-14,17-19,21H2,1-3H3/t22?,28-,29?,30-,33-,34-/m0/s1. The third-order valence-electron chi connectivity index (χ3n) is 11.3. The van der Waals surface area contributed by atoms with Gasteiger partial charge < -0.3 is 4.90 Å². The van der Waals surface area contributed by atoms with Crippen molar-refractivity contribution in [3.8, 4) is 11.8 Å². The minimum atomic E-state index is -4.64. The summed E-state index contributed by atoms with van der Waals surface area (Å²) in [6, 6.07) is 8.76. The number of rotatable bonds is 4.